The molecule has 0 spiro atoms. The number of nitrogens with zero attached hydrogens (tertiary/aromatic N) is 1. The van der Waals surface area contributed by atoms with E-state index in [-0.39, 0.29) is 12.5 Å². The maximum Gasteiger partial charge on any atom is 0.257 e. The maximum atomic E-state index is 11.5. The fourth-order valence-corrected chi connectivity index (χ4v) is 2.55. The largest absolute Gasteiger partial charge is 0.495 e. The molecule has 0 radical (unpaired) electrons. The molecule has 5 nitrogen and oxygen atoms in total. The van der Waals surface area contributed by atoms with Crippen LogP contribution in [0.2, 0.25) is 0 Å². The Morgan fingerprint density at radius 3 is 2.79 bits per heavy atom. The number of hydrogen-bond acceptors (Lipinski definition) is 4. The van der Waals surface area contributed by atoms with E-state index in [1.54, 1.807) is 26.6 Å². The van der Waals surface area contributed by atoms with Crippen LogP contribution in [0.4, 0.5) is 0 Å². The molecule has 0 unspecified atom stereocenters. The van der Waals surface area contributed by atoms with Gasteiger partial charge in [0.15, 0.2) is 6.61 Å². The third-order valence-electron chi connectivity index (χ3n) is 3.77. The van der Waals surface area contributed by atoms with Crippen LogP contribution in [0.3, 0.4) is 0 Å². The van der Waals surface area contributed by atoms with E-state index < -0.39 is 0 Å². The summed E-state index contributed by atoms with van der Waals surface area (Å²) in [6.07, 6.45) is 3.41. The number of methoxy groups -OCH3 is 1. The Kier molecular flexibility index (Phi) is 4.61. The van der Waals surface area contributed by atoms with Gasteiger partial charge >= 0.3 is 0 Å². The number of carbonyl (C=O) groups excluding carboxylic acids is 1. The molecule has 5 heteroatoms. The lowest BCUT2D eigenvalue weighted by Gasteiger charge is -2.14. The summed E-state index contributed by atoms with van der Waals surface area (Å²) < 4.78 is 11.0. The van der Waals surface area contributed by atoms with Crippen LogP contribution in [0.15, 0.2) is 54.9 Å². The highest BCUT2D eigenvalue weighted by atomic mass is 16.5. The summed E-state index contributed by atoms with van der Waals surface area (Å²) in [5, 5.41) is 4.67. The maximum absolute atomic E-state index is 11.5. The van der Waals surface area contributed by atoms with Gasteiger partial charge in [0.25, 0.3) is 5.91 Å². The topological polar surface area (TPSA) is 60.5 Å². The van der Waals surface area contributed by atoms with Gasteiger partial charge in [-0.05, 0) is 22.9 Å². The van der Waals surface area contributed by atoms with Crippen LogP contribution < -0.4 is 14.8 Å². The smallest absolute Gasteiger partial charge is 0.257 e. The molecule has 0 fully saturated rings. The summed E-state index contributed by atoms with van der Waals surface area (Å²) >= 11 is 0. The molecule has 0 atom stereocenters. The molecule has 0 aliphatic heterocycles. The van der Waals surface area contributed by atoms with E-state index in [0.717, 1.165) is 21.9 Å². The zero-order valence-electron chi connectivity index (χ0n) is 13.6. The standard InChI is InChI=1S/C19H18N2O3/c1-20-18(22)12-24-17-8-7-13-5-3-4-6-16(13)19(17)14-9-15(23-2)11-21-10-14/h3-11H,12H2,1-2H3,(H,20,22). The lowest BCUT2D eigenvalue weighted by atomic mass is 9.98. The number of ether oxygens (including phenoxy) is 2. The van der Waals surface area contributed by atoms with Crippen molar-refractivity contribution in [1.29, 1.82) is 0 Å². The van der Waals surface area contributed by atoms with Gasteiger partial charge in [-0.1, -0.05) is 30.3 Å². The molecule has 24 heavy (non-hydrogen) atoms. The van der Waals surface area contributed by atoms with E-state index in [2.05, 4.69) is 10.3 Å². The number of aromatic nitrogens is 1. The monoisotopic (exact) mass is 322 g/mol. The van der Waals surface area contributed by atoms with Crippen molar-refractivity contribution < 1.29 is 14.3 Å². The molecule has 1 heterocycles. The van der Waals surface area contributed by atoms with E-state index in [1.807, 2.05) is 42.5 Å². The molecule has 1 amide bonds. The summed E-state index contributed by atoms with van der Waals surface area (Å²) in [6.45, 7) is -0.0424. The van der Waals surface area contributed by atoms with Crippen molar-refractivity contribution in [2.24, 2.45) is 0 Å². The van der Waals surface area contributed by atoms with Crippen molar-refractivity contribution in [2.45, 2.75) is 0 Å². The van der Waals surface area contributed by atoms with E-state index >= 15 is 0 Å². The van der Waals surface area contributed by atoms with Crippen molar-refractivity contribution in [2.75, 3.05) is 20.8 Å². The molecular formula is C19H18N2O3. The van der Waals surface area contributed by atoms with E-state index in [1.165, 1.54) is 0 Å². The van der Waals surface area contributed by atoms with Crippen LogP contribution in [0, 0.1) is 0 Å². The first kappa shape index (κ1) is 15.8. The van der Waals surface area contributed by atoms with Crippen LogP contribution in [0.1, 0.15) is 0 Å². The molecule has 3 aromatic rings. The van der Waals surface area contributed by atoms with Crippen LogP contribution in [-0.4, -0.2) is 31.7 Å². The quantitative estimate of drug-likeness (QED) is 0.784. The predicted molar refractivity (Wildman–Crippen MR) is 93.3 cm³/mol. The van der Waals surface area contributed by atoms with Gasteiger partial charge in [-0.2, -0.15) is 0 Å². The van der Waals surface area contributed by atoms with E-state index in [9.17, 15) is 4.79 Å². The third kappa shape index (κ3) is 3.15. The molecular weight excluding hydrogens is 304 g/mol. The number of likely N-dealkylation sites (N-methyl/N-ethyl adjacent to an activating group) is 1. The fraction of sp³-hybridized carbons (Fsp3) is 0.158. The highest BCUT2D eigenvalue weighted by Crippen LogP contribution is 2.37. The molecule has 122 valence electrons. The molecule has 1 N–H and O–H groups in total. The van der Waals surface area contributed by atoms with Gasteiger partial charge in [0.1, 0.15) is 11.5 Å². The molecule has 3 rings (SSSR count). The van der Waals surface area contributed by atoms with Gasteiger partial charge in [0, 0.05) is 24.4 Å². The van der Waals surface area contributed by atoms with Crippen LogP contribution in [-0.2, 0) is 4.79 Å². The molecule has 0 saturated carbocycles. The molecule has 2 aromatic carbocycles. The highest BCUT2D eigenvalue weighted by Gasteiger charge is 2.13. The molecule has 1 aromatic heterocycles. The number of rotatable bonds is 5. The van der Waals surface area contributed by atoms with Gasteiger partial charge < -0.3 is 14.8 Å². The summed E-state index contributed by atoms with van der Waals surface area (Å²) in [7, 11) is 3.19. The minimum Gasteiger partial charge on any atom is -0.495 e. The van der Waals surface area contributed by atoms with Gasteiger partial charge in [-0.3, -0.25) is 9.78 Å². The number of benzene rings is 2. The van der Waals surface area contributed by atoms with Gasteiger partial charge in [-0.25, -0.2) is 0 Å². The number of fused-ring (bicyclic) bond motifs is 1. The van der Waals surface area contributed by atoms with Crippen molar-refractivity contribution in [3.63, 3.8) is 0 Å². The first-order chi connectivity index (χ1) is 11.7. The average Bonchev–Trinajstić information content (AvgIpc) is 2.65. The van der Waals surface area contributed by atoms with Crippen molar-refractivity contribution in [3.05, 3.63) is 54.9 Å². The minimum absolute atomic E-state index is 0.0424. The second kappa shape index (κ2) is 7.00. The summed E-state index contributed by atoms with van der Waals surface area (Å²) in [5.74, 6) is 1.11. The minimum atomic E-state index is -0.183. The molecule has 0 aliphatic carbocycles. The van der Waals surface area contributed by atoms with Crippen molar-refractivity contribution in [1.82, 2.24) is 10.3 Å². The summed E-state index contributed by atoms with van der Waals surface area (Å²) in [4.78, 5) is 15.8. The first-order valence-electron chi connectivity index (χ1n) is 7.57. The van der Waals surface area contributed by atoms with Gasteiger partial charge in [0.05, 0.1) is 13.3 Å². The second-order valence-electron chi connectivity index (χ2n) is 5.24. The Balaban J connectivity index is 2.15. The SMILES string of the molecule is CNC(=O)COc1ccc2ccccc2c1-c1cncc(OC)c1. The Hall–Kier alpha value is -3.08. The zero-order valence-corrected chi connectivity index (χ0v) is 13.6. The lowest BCUT2D eigenvalue weighted by molar-refractivity contribution is -0.122. The second-order valence-corrected chi connectivity index (χ2v) is 5.24. The Bertz CT molecular complexity index is 877. The van der Waals surface area contributed by atoms with Crippen molar-refractivity contribution in [3.8, 4) is 22.6 Å². The molecule has 0 bridgehead atoms. The van der Waals surface area contributed by atoms with E-state index in [0.29, 0.717) is 11.5 Å². The normalized spacial score (nSPS) is 10.4. The fourth-order valence-electron chi connectivity index (χ4n) is 2.55. The van der Waals surface area contributed by atoms with Crippen molar-refractivity contribution >= 4 is 16.7 Å². The van der Waals surface area contributed by atoms with E-state index in [4.69, 9.17) is 9.47 Å². The summed E-state index contributed by atoms with van der Waals surface area (Å²) in [5.41, 5.74) is 1.77. The van der Waals surface area contributed by atoms with Gasteiger partial charge in [0.2, 0.25) is 0 Å². The number of carbonyl (C=O) groups is 1. The third-order valence-corrected chi connectivity index (χ3v) is 3.77. The number of pyridine rings is 1. The van der Waals surface area contributed by atoms with Crippen LogP contribution in [0.5, 0.6) is 11.5 Å². The lowest BCUT2D eigenvalue weighted by Crippen LogP contribution is -2.24. The van der Waals surface area contributed by atoms with Crippen LogP contribution >= 0.6 is 0 Å². The van der Waals surface area contributed by atoms with Crippen LogP contribution in [0.25, 0.3) is 21.9 Å². The highest BCUT2D eigenvalue weighted by molar-refractivity contribution is 5.99. The number of amides is 1. The number of hydrogen-bond donors (Lipinski definition) is 1. The summed E-state index contributed by atoms with van der Waals surface area (Å²) in [6, 6.07) is 13.8. The number of nitrogens with one attached hydrogen (secondary N) is 1. The van der Waals surface area contributed by atoms with Gasteiger partial charge in [-0.15, -0.1) is 0 Å². The first-order valence-corrected chi connectivity index (χ1v) is 7.57. The Morgan fingerprint density at radius 2 is 2.00 bits per heavy atom. The molecule has 0 aliphatic rings. The average molecular weight is 322 g/mol. The Morgan fingerprint density at radius 1 is 1.17 bits per heavy atom. The predicted octanol–water partition coefficient (Wildman–Crippen LogP) is 3.04. The Labute approximate surface area is 140 Å². The zero-order chi connectivity index (χ0) is 16.9. The molecule has 0 saturated heterocycles.